The topological polar surface area (TPSA) is 38.9 Å². The van der Waals surface area contributed by atoms with E-state index in [1.807, 2.05) is 6.92 Å². The Bertz CT molecular complexity index is 290. The summed E-state index contributed by atoms with van der Waals surface area (Å²) in [6.45, 7) is 1.82. The minimum Gasteiger partial charge on any atom is -0.426 e. The van der Waals surface area contributed by atoms with Gasteiger partial charge in [-0.15, -0.1) is 10.2 Å². The predicted octanol–water partition coefficient (Wildman–Crippen LogP) is 1.89. The first kappa shape index (κ1) is 7.53. The molecule has 0 saturated carbocycles. The number of hydrogen-bond acceptors (Lipinski definition) is 3. The largest absolute Gasteiger partial charge is 0.426 e. The van der Waals surface area contributed by atoms with E-state index in [2.05, 4.69) is 22.3 Å². The fourth-order valence-corrected chi connectivity index (χ4v) is 1.51. The second-order valence-electron chi connectivity index (χ2n) is 3.18. The van der Waals surface area contributed by atoms with E-state index in [1.165, 1.54) is 12.8 Å². The van der Waals surface area contributed by atoms with Crippen LogP contribution in [0.2, 0.25) is 0 Å². The lowest BCUT2D eigenvalue weighted by Gasteiger charge is -2.01. The number of rotatable bonds is 2. The molecular weight excluding hydrogens is 152 g/mol. The molecule has 1 aliphatic rings. The van der Waals surface area contributed by atoms with Gasteiger partial charge in [-0.25, -0.2) is 0 Å². The van der Waals surface area contributed by atoms with Gasteiger partial charge in [-0.2, -0.15) is 0 Å². The van der Waals surface area contributed by atoms with Gasteiger partial charge in [-0.3, -0.25) is 0 Å². The molecule has 12 heavy (non-hydrogen) atoms. The van der Waals surface area contributed by atoms with E-state index < -0.39 is 0 Å². The predicted molar refractivity (Wildman–Crippen MR) is 44.6 cm³/mol. The molecule has 3 heteroatoms. The van der Waals surface area contributed by atoms with Crippen LogP contribution in [0.5, 0.6) is 0 Å². The Morgan fingerprint density at radius 1 is 1.58 bits per heavy atom. The van der Waals surface area contributed by atoms with Gasteiger partial charge in [0.2, 0.25) is 11.8 Å². The molecule has 64 valence electrons. The molecule has 0 N–H and O–H groups in total. The molecule has 2 rings (SSSR count). The van der Waals surface area contributed by atoms with E-state index in [0.717, 1.165) is 12.3 Å². The summed E-state index contributed by atoms with van der Waals surface area (Å²) in [7, 11) is 0. The van der Waals surface area contributed by atoms with Crippen molar-refractivity contribution in [2.75, 3.05) is 0 Å². The van der Waals surface area contributed by atoms with E-state index in [1.54, 1.807) is 0 Å². The maximum atomic E-state index is 5.29. The summed E-state index contributed by atoms with van der Waals surface area (Å²) in [5, 5.41) is 7.75. The van der Waals surface area contributed by atoms with Crippen molar-refractivity contribution >= 4 is 0 Å². The van der Waals surface area contributed by atoms with Gasteiger partial charge in [-0.05, 0) is 18.8 Å². The normalized spacial score (nSPS) is 21.9. The molecule has 1 unspecified atom stereocenters. The average molecular weight is 164 g/mol. The molecule has 0 aromatic carbocycles. The van der Waals surface area contributed by atoms with Gasteiger partial charge in [0.25, 0.3) is 0 Å². The van der Waals surface area contributed by atoms with Gasteiger partial charge >= 0.3 is 0 Å². The number of aryl methyl sites for hydroxylation is 1. The second-order valence-corrected chi connectivity index (χ2v) is 3.18. The third kappa shape index (κ3) is 1.55. The van der Waals surface area contributed by atoms with Gasteiger partial charge in [0, 0.05) is 13.3 Å². The van der Waals surface area contributed by atoms with Crippen LogP contribution in [0.25, 0.3) is 0 Å². The van der Waals surface area contributed by atoms with Crippen molar-refractivity contribution < 1.29 is 4.42 Å². The Hall–Kier alpha value is -1.12. The smallest absolute Gasteiger partial charge is 0.217 e. The van der Waals surface area contributed by atoms with E-state index in [4.69, 9.17) is 4.42 Å². The van der Waals surface area contributed by atoms with Crippen LogP contribution >= 0.6 is 0 Å². The van der Waals surface area contributed by atoms with Gasteiger partial charge in [0.1, 0.15) is 0 Å². The third-order valence-electron chi connectivity index (χ3n) is 2.12. The van der Waals surface area contributed by atoms with E-state index in [9.17, 15) is 0 Å². The standard InChI is InChI=1S/C9H12N2O/c1-7-10-11-9(12-7)6-8-4-2-3-5-8/h2,4,8H,3,5-6H2,1H3. The fraction of sp³-hybridized carbons (Fsp3) is 0.556. The van der Waals surface area contributed by atoms with Crippen LogP contribution < -0.4 is 0 Å². The highest BCUT2D eigenvalue weighted by molar-refractivity contribution is 4.99. The quantitative estimate of drug-likeness (QED) is 0.626. The van der Waals surface area contributed by atoms with Crippen LogP contribution in [0, 0.1) is 12.8 Å². The highest BCUT2D eigenvalue weighted by atomic mass is 16.4. The lowest BCUT2D eigenvalue weighted by molar-refractivity contribution is 0.439. The molecule has 0 spiro atoms. The van der Waals surface area contributed by atoms with Gasteiger partial charge in [-0.1, -0.05) is 12.2 Å². The molecule has 1 aromatic rings. The molecule has 0 bridgehead atoms. The lowest BCUT2D eigenvalue weighted by Crippen LogP contribution is -1.97. The van der Waals surface area contributed by atoms with Gasteiger partial charge < -0.3 is 4.42 Å². The maximum absolute atomic E-state index is 5.29. The summed E-state index contributed by atoms with van der Waals surface area (Å²) in [5.41, 5.74) is 0. The molecule has 0 radical (unpaired) electrons. The Morgan fingerprint density at radius 3 is 3.08 bits per heavy atom. The molecule has 0 fully saturated rings. The number of aromatic nitrogens is 2. The molecule has 1 atom stereocenters. The summed E-state index contributed by atoms with van der Waals surface area (Å²) in [4.78, 5) is 0. The zero-order chi connectivity index (χ0) is 8.39. The molecule has 1 heterocycles. The Labute approximate surface area is 71.5 Å². The molecule has 0 aliphatic heterocycles. The summed E-state index contributed by atoms with van der Waals surface area (Å²) >= 11 is 0. The molecule has 0 saturated heterocycles. The highest BCUT2D eigenvalue weighted by Crippen LogP contribution is 2.20. The molecule has 3 nitrogen and oxygen atoms in total. The van der Waals surface area contributed by atoms with E-state index >= 15 is 0 Å². The molecule has 1 aromatic heterocycles. The van der Waals surface area contributed by atoms with Crippen molar-refractivity contribution in [3.05, 3.63) is 23.9 Å². The van der Waals surface area contributed by atoms with Crippen molar-refractivity contribution in [2.45, 2.75) is 26.2 Å². The summed E-state index contributed by atoms with van der Waals surface area (Å²) in [6, 6.07) is 0. The highest BCUT2D eigenvalue weighted by Gasteiger charge is 2.13. The fourth-order valence-electron chi connectivity index (χ4n) is 1.51. The maximum Gasteiger partial charge on any atom is 0.217 e. The minimum absolute atomic E-state index is 0.616. The number of allylic oxidation sites excluding steroid dienone is 2. The Balaban J connectivity index is 1.98. The summed E-state index contributed by atoms with van der Waals surface area (Å²) in [6.07, 6.45) is 7.77. The zero-order valence-corrected chi connectivity index (χ0v) is 7.16. The summed E-state index contributed by atoms with van der Waals surface area (Å²) < 4.78 is 5.29. The second kappa shape index (κ2) is 3.09. The van der Waals surface area contributed by atoms with Crippen molar-refractivity contribution in [2.24, 2.45) is 5.92 Å². The van der Waals surface area contributed by atoms with Crippen LogP contribution in [0.1, 0.15) is 24.6 Å². The van der Waals surface area contributed by atoms with Crippen LogP contribution in [0.3, 0.4) is 0 Å². The van der Waals surface area contributed by atoms with Crippen molar-refractivity contribution in [1.29, 1.82) is 0 Å². The van der Waals surface area contributed by atoms with Crippen LogP contribution in [0.4, 0.5) is 0 Å². The first-order chi connectivity index (χ1) is 5.84. The van der Waals surface area contributed by atoms with Crippen LogP contribution in [-0.4, -0.2) is 10.2 Å². The van der Waals surface area contributed by atoms with Crippen LogP contribution in [-0.2, 0) is 6.42 Å². The molecule has 0 amide bonds. The monoisotopic (exact) mass is 164 g/mol. The first-order valence-corrected chi connectivity index (χ1v) is 4.30. The third-order valence-corrected chi connectivity index (χ3v) is 2.12. The Kier molecular flexibility index (Phi) is 1.94. The SMILES string of the molecule is Cc1nnc(CC2C=CCC2)o1. The lowest BCUT2D eigenvalue weighted by atomic mass is 10.1. The average Bonchev–Trinajstić information content (AvgIpc) is 2.63. The van der Waals surface area contributed by atoms with Crippen molar-refractivity contribution in [3.8, 4) is 0 Å². The number of hydrogen-bond donors (Lipinski definition) is 0. The zero-order valence-electron chi connectivity index (χ0n) is 7.16. The Morgan fingerprint density at radius 2 is 2.50 bits per heavy atom. The van der Waals surface area contributed by atoms with Gasteiger partial charge in [0.05, 0.1) is 0 Å². The van der Waals surface area contributed by atoms with E-state index in [0.29, 0.717) is 11.8 Å². The van der Waals surface area contributed by atoms with E-state index in [-0.39, 0.29) is 0 Å². The number of nitrogens with zero attached hydrogens (tertiary/aromatic N) is 2. The van der Waals surface area contributed by atoms with Gasteiger partial charge in [0.15, 0.2) is 0 Å². The van der Waals surface area contributed by atoms with Crippen molar-refractivity contribution in [3.63, 3.8) is 0 Å². The molecule has 1 aliphatic carbocycles. The van der Waals surface area contributed by atoms with Crippen molar-refractivity contribution in [1.82, 2.24) is 10.2 Å². The summed E-state index contributed by atoms with van der Waals surface area (Å²) in [5.74, 6) is 2.04. The first-order valence-electron chi connectivity index (χ1n) is 4.30. The minimum atomic E-state index is 0.616. The molecular formula is C9H12N2O. The van der Waals surface area contributed by atoms with Crippen LogP contribution in [0.15, 0.2) is 16.6 Å².